The second kappa shape index (κ2) is 3.27. The van der Waals surface area contributed by atoms with Crippen LogP contribution >= 0.6 is 0 Å². The molecule has 0 atom stereocenters. The molecule has 0 radical (unpaired) electrons. The first-order valence-corrected chi connectivity index (χ1v) is 4.12. The smallest absolute Gasteiger partial charge is 0.0565 e. The first-order valence-electron chi connectivity index (χ1n) is 4.12. The number of aromatic nitrogens is 2. The summed E-state index contributed by atoms with van der Waals surface area (Å²) in [5, 5.41) is 6.71. The summed E-state index contributed by atoms with van der Waals surface area (Å²) in [6.07, 6.45) is 5.53. The molecule has 0 fully saturated rings. The van der Waals surface area contributed by atoms with Crippen molar-refractivity contribution in [1.29, 1.82) is 0 Å². The third-order valence-corrected chi connectivity index (χ3v) is 1.99. The van der Waals surface area contributed by atoms with Gasteiger partial charge in [-0.1, -0.05) is 36.9 Å². The van der Waals surface area contributed by atoms with Gasteiger partial charge in [-0.15, -0.1) is 0 Å². The maximum atomic E-state index is 3.91. The lowest BCUT2D eigenvalue weighted by Gasteiger charge is -2.01. The highest BCUT2D eigenvalue weighted by molar-refractivity contribution is 5.73. The van der Waals surface area contributed by atoms with Gasteiger partial charge < -0.3 is 0 Å². The van der Waals surface area contributed by atoms with Gasteiger partial charge in [-0.25, -0.2) is 0 Å². The van der Waals surface area contributed by atoms with Crippen LogP contribution in [0, 0.1) is 0 Å². The lowest BCUT2D eigenvalue weighted by Crippen LogP contribution is -1.78. The summed E-state index contributed by atoms with van der Waals surface area (Å²) >= 11 is 0. The monoisotopic (exact) mass is 170 g/mol. The average molecular weight is 170 g/mol. The minimum Gasteiger partial charge on any atom is -0.285 e. The number of nitrogens with zero attached hydrogens (tertiary/aromatic N) is 1. The average Bonchev–Trinajstić information content (AvgIpc) is 2.70. The van der Waals surface area contributed by atoms with Gasteiger partial charge in [0.15, 0.2) is 0 Å². The molecule has 13 heavy (non-hydrogen) atoms. The van der Waals surface area contributed by atoms with Crippen LogP contribution in [0.4, 0.5) is 0 Å². The van der Waals surface area contributed by atoms with Gasteiger partial charge in [0.2, 0.25) is 0 Å². The molecule has 0 bridgehead atoms. The second-order valence-electron chi connectivity index (χ2n) is 2.78. The minimum atomic E-state index is 1.09. The van der Waals surface area contributed by atoms with Crippen LogP contribution in [0.25, 0.3) is 17.2 Å². The number of hydrogen-bond acceptors (Lipinski definition) is 1. The Morgan fingerprint density at radius 3 is 2.85 bits per heavy atom. The van der Waals surface area contributed by atoms with E-state index in [2.05, 4.69) is 22.8 Å². The Morgan fingerprint density at radius 2 is 2.15 bits per heavy atom. The van der Waals surface area contributed by atoms with Crippen LogP contribution in [-0.4, -0.2) is 10.2 Å². The fraction of sp³-hybridized carbons (Fsp3) is 0. The summed E-state index contributed by atoms with van der Waals surface area (Å²) in [7, 11) is 0. The van der Waals surface area contributed by atoms with Crippen molar-refractivity contribution < 1.29 is 0 Å². The summed E-state index contributed by atoms with van der Waals surface area (Å²) in [6, 6.07) is 8.10. The van der Waals surface area contributed by atoms with Crippen LogP contribution in [0.2, 0.25) is 0 Å². The standard InChI is InChI=1S/C11H10N2/c1-2-9-5-3-4-6-11(9)10-7-12-13-8-10/h2-8H,1H2,(H,12,13). The summed E-state index contributed by atoms with van der Waals surface area (Å²) in [4.78, 5) is 0. The van der Waals surface area contributed by atoms with E-state index in [0.29, 0.717) is 0 Å². The SMILES string of the molecule is C=Cc1ccccc1-c1cn[nH]c1. The van der Waals surface area contributed by atoms with Gasteiger partial charge in [0.05, 0.1) is 6.20 Å². The topological polar surface area (TPSA) is 28.7 Å². The highest BCUT2D eigenvalue weighted by Gasteiger charge is 2.01. The van der Waals surface area contributed by atoms with Gasteiger partial charge in [0.25, 0.3) is 0 Å². The fourth-order valence-corrected chi connectivity index (χ4v) is 1.34. The van der Waals surface area contributed by atoms with E-state index in [1.54, 1.807) is 0 Å². The maximum Gasteiger partial charge on any atom is 0.0565 e. The van der Waals surface area contributed by atoms with E-state index in [-0.39, 0.29) is 0 Å². The van der Waals surface area contributed by atoms with Crippen molar-refractivity contribution in [3.63, 3.8) is 0 Å². The normalized spacial score (nSPS) is 9.85. The van der Waals surface area contributed by atoms with Gasteiger partial charge in [-0.05, 0) is 11.1 Å². The van der Waals surface area contributed by atoms with Gasteiger partial charge in [0, 0.05) is 11.8 Å². The Morgan fingerprint density at radius 1 is 1.31 bits per heavy atom. The van der Waals surface area contributed by atoms with Gasteiger partial charge >= 0.3 is 0 Å². The van der Waals surface area contributed by atoms with E-state index in [0.717, 1.165) is 16.7 Å². The Balaban J connectivity index is 2.57. The van der Waals surface area contributed by atoms with E-state index < -0.39 is 0 Å². The number of nitrogens with one attached hydrogen (secondary N) is 1. The van der Waals surface area contributed by atoms with Crippen molar-refractivity contribution in [3.05, 3.63) is 48.8 Å². The zero-order valence-electron chi connectivity index (χ0n) is 7.20. The van der Waals surface area contributed by atoms with E-state index in [9.17, 15) is 0 Å². The summed E-state index contributed by atoms with van der Waals surface area (Å²) < 4.78 is 0. The van der Waals surface area contributed by atoms with E-state index in [1.807, 2.05) is 36.7 Å². The minimum absolute atomic E-state index is 1.09. The molecule has 0 saturated heterocycles. The molecule has 0 saturated carbocycles. The lowest BCUT2D eigenvalue weighted by atomic mass is 10.0. The van der Waals surface area contributed by atoms with E-state index >= 15 is 0 Å². The van der Waals surface area contributed by atoms with Crippen molar-refractivity contribution in [2.75, 3.05) is 0 Å². The summed E-state index contributed by atoms with van der Waals surface area (Å²) in [6.45, 7) is 3.77. The highest BCUT2D eigenvalue weighted by Crippen LogP contribution is 2.22. The summed E-state index contributed by atoms with van der Waals surface area (Å²) in [5.74, 6) is 0. The molecule has 0 aliphatic rings. The second-order valence-corrected chi connectivity index (χ2v) is 2.78. The van der Waals surface area contributed by atoms with Crippen molar-refractivity contribution in [2.24, 2.45) is 0 Å². The molecule has 1 aromatic heterocycles. The molecule has 1 aromatic carbocycles. The first-order chi connectivity index (χ1) is 6.42. The number of H-pyrrole nitrogens is 1. The molecule has 2 rings (SSSR count). The highest BCUT2D eigenvalue weighted by atomic mass is 15.1. The third-order valence-electron chi connectivity index (χ3n) is 1.99. The molecule has 2 nitrogen and oxygen atoms in total. The molecular weight excluding hydrogens is 160 g/mol. The van der Waals surface area contributed by atoms with Crippen LogP contribution in [0.1, 0.15) is 5.56 Å². The molecule has 0 spiro atoms. The van der Waals surface area contributed by atoms with Gasteiger partial charge in [0.1, 0.15) is 0 Å². The molecule has 0 aliphatic carbocycles. The van der Waals surface area contributed by atoms with Crippen molar-refractivity contribution in [1.82, 2.24) is 10.2 Å². The maximum absolute atomic E-state index is 3.91. The number of aromatic amines is 1. The van der Waals surface area contributed by atoms with E-state index in [1.165, 1.54) is 0 Å². The Kier molecular flexibility index (Phi) is 1.96. The third kappa shape index (κ3) is 1.38. The predicted octanol–water partition coefficient (Wildman–Crippen LogP) is 2.72. The Labute approximate surface area is 76.9 Å². The van der Waals surface area contributed by atoms with Crippen LogP contribution in [0.5, 0.6) is 0 Å². The van der Waals surface area contributed by atoms with Gasteiger partial charge in [-0.2, -0.15) is 5.10 Å². The van der Waals surface area contributed by atoms with Crippen LogP contribution < -0.4 is 0 Å². The fourth-order valence-electron chi connectivity index (χ4n) is 1.34. The first kappa shape index (κ1) is 7.80. The molecule has 1 heterocycles. The summed E-state index contributed by atoms with van der Waals surface area (Å²) in [5.41, 5.74) is 3.38. The zero-order chi connectivity index (χ0) is 9.10. The molecule has 0 unspecified atom stereocenters. The van der Waals surface area contributed by atoms with E-state index in [4.69, 9.17) is 0 Å². The van der Waals surface area contributed by atoms with Crippen LogP contribution in [0.15, 0.2) is 43.2 Å². The molecule has 1 N–H and O–H groups in total. The zero-order valence-corrected chi connectivity index (χ0v) is 7.20. The molecular formula is C11H10N2. The largest absolute Gasteiger partial charge is 0.285 e. The van der Waals surface area contributed by atoms with Crippen LogP contribution in [-0.2, 0) is 0 Å². The molecule has 2 heteroatoms. The predicted molar refractivity (Wildman–Crippen MR) is 54.1 cm³/mol. The molecule has 2 aromatic rings. The van der Waals surface area contributed by atoms with Crippen molar-refractivity contribution >= 4 is 6.08 Å². The van der Waals surface area contributed by atoms with Crippen molar-refractivity contribution in [3.8, 4) is 11.1 Å². The van der Waals surface area contributed by atoms with Crippen LogP contribution in [0.3, 0.4) is 0 Å². The Hall–Kier alpha value is -1.83. The quantitative estimate of drug-likeness (QED) is 0.737. The molecule has 64 valence electrons. The lowest BCUT2D eigenvalue weighted by molar-refractivity contribution is 1.09. The van der Waals surface area contributed by atoms with Gasteiger partial charge in [-0.3, -0.25) is 5.10 Å². The molecule has 0 aliphatic heterocycles. The van der Waals surface area contributed by atoms with Crippen molar-refractivity contribution in [2.45, 2.75) is 0 Å². The number of benzene rings is 1. The molecule has 0 amide bonds. The Bertz CT molecular complexity index is 402. The number of rotatable bonds is 2. The number of hydrogen-bond donors (Lipinski definition) is 1.